The summed E-state index contributed by atoms with van der Waals surface area (Å²) >= 11 is 12.0. The zero-order valence-electron chi connectivity index (χ0n) is 12.5. The van der Waals surface area contributed by atoms with Crippen LogP contribution >= 0.6 is 23.2 Å². The highest BCUT2D eigenvalue weighted by atomic mass is 35.5. The van der Waals surface area contributed by atoms with Crippen molar-refractivity contribution in [2.24, 2.45) is 5.92 Å². The molecule has 2 aliphatic rings. The van der Waals surface area contributed by atoms with Gasteiger partial charge in [0, 0.05) is 25.1 Å². The summed E-state index contributed by atoms with van der Waals surface area (Å²) in [5.74, 6) is 0.574. The van der Waals surface area contributed by atoms with E-state index in [1.54, 1.807) is 6.07 Å². The van der Waals surface area contributed by atoms with E-state index in [1.165, 1.54) is 0 Å². The van der Waals surface area contributed by atoms with Crippen LogP contribution in [0, 0.1) is 5.92 Å². The molecule has 1 saturated heterocycles. The van der Waals surface area contributed by atoms with Crippen molar-refractivity contribution in [3.63, 3.8) is 0 Å². The summed E-state index contributed by atoms with van der Waals surface area (Å²) in [7, 11) is 0. The highest BCUT2D eigenvalue weighted by Crippen LogP contribution is 2.50. The second kappa shape index (κ2) is 6.77. The van der Waals surface area contributed by atoms with Crippen LogP contribution in [-0.2, 0) is 4.79 Å². The average molecular weight is 342 g/mol. The molecule has 1 N–H and O–H groups in total. The third kappa shape index (κ3) is 3.27. The zero-order chi connectivity index (χ0) is 15.7. The highest BCUT2D eigenvalue weighted by Gasteiger charge is 2.47. The molecule has 1 aromatic rings. The first-order chi connectivity index (χ1) is 10.6. The van der Waals surface area contributed by atoms with Crippen molar-refractivity contribution in [1.29, 1.82) is 0 Å². The van der Waals surface area contributed by atoms with Crippen molar-refractivity contribution < 1.29 is 9.90 Å². The summed E-state index contributed by atoms with van der Waals surface area (Å²) in [6.45, 7) is 0.976. The minimum Gasteiger partial charge on any atom is -0.396 e. The number of rotatable bonds is 4. The number of hydrogen-bond donors (Lipinski definition) is 1. The van der Waals surface area contributed by atoms with Crippen LogP contribution in [-0.4, -0.2) is 35.1 Å². The standard InChI is InChI=1S/C17H21Cl2NO2/c18-15-5-4-11(9-16(15)19)13-10-14(13)17(22)20-7-2-1-3-12(20)6-8-21/h4-5,9,12-14,21H,1-3,6-8,10H2. The third-order valence-corrected chi connectivity index (χ3v) is 5.59. The van der Waals surface area contributed by atoms with E-state index in [-0.39, 0.29) is 30.4 Å². The van der Waals surface area contributed by atoms with Crippen molar-refractivity contribution in [3.05, 3.63) is 33.8 Å². The molecule has 1 aliphatic carbocycles. The van der Waals surface area contributed by atoms with Crippen molar-refractivity contribution in [3.8, 4) is 0 Å². The Labute approximate surface area is 141 Å². The van der Waals surface area contributed by atoms with E-state index >= 15 is 0 Å². The van der Waals surface area contributed by atoms with Gasteiger partial charge in [-0.25, -0.2) is 0 Å². The van der Waals surface area contributed by atoms with E-state index in [0.717, 1.165) is 37.8 Å². The molecule has 0 aromatic heterocycles. The Kier molecular flexibility index (Phi) is 4.96. The normalized spacial score (nSPS) is 27.8. The number of aliphatic hydroxyl groups is 1. The van der Waals surface area contributed by atoms with Crippen LogP contribution in [0.4, 0.5) is 0 Å². The Hall–Kier alpha value is -0.770. The Balaban J connectivity index is 1.67. The smallest absolute Gasteiger partial charge is 0.226 e. The summed E-state index contributed by atoms with van der Waals surface area (Å²) in [6, 6.07) is 5.85. The van der Waals surface area contributed by atoms with Crippen LogP contribution < -0.4 is 0 Å². The van der Waals surface area contributed by atoms with Gasteiger partial charge in [0.15, 0.2) is 0 Å². The summed E-state index contributed by atoms with van der Waals surface area (Å²) in [5, 5.41) is 10.3. The Morgan fingerprint density at radius 1 is 1.27 bits per heavy atom. The molecule has 1 amide bonds. The molecule has 1 heterocycles. The largest absolute Gasteiger partial charge is 0.396 e. The number of nitrogens with zero attached hydrogens (tertiary/aromatic N) is 1. The van der Waals surface area contributed by atoms with Crippen molar-refractivity contribution >= 4 is 29.1 Å². The number of likely N-dealkylation sites (tertiary alicyclic amines) is 1. The van der Waals surface area contributed by atoms with Gasteiger partial charge in [0.25, 0.3) is 0 Å². The first-order valence-corrected chi connectivity index (χ1v) is 8.73. The first-order valence-electron chi connectivity index (χ1n) is 7.98. The zero-order valence-corrected chi connectivity index (χ0v) is 14.0. The topological polar surface area (TPSA) is 40.5 Å². The van der Waals surface area contributed by atoms with Crippen LogP contribution in [0.15, 0.2) is 18.2 Å². The number of aliphatic hydroxyl groups excluding tert-OH is 1. The number of hydrogen-bond acceptors (Lipinski definition) is 2. The van der Waals surface area contributed by atoms with Crippen molar-refractivity contribution in [1.82, 2.24) is 4.90 Å². The number of piperidine rings is 1. The first kappa shape index (κ1) is 16.1. The molecular weight excluding hydrogens is 321 g/mol. The molecule has 3 rings (SSSR count). The molecule has 0 bridgehead atoms. The average Bonchev–Trinajstić information content (AvgIpc) is 3.31. The van der Waals surface area contributed by atoms with Crippen LogP contribution in [0.5, 0.6) is 0 Å². The predicted molar refractivity (Wildman–Crippen MR) is 88.4 cm³/mol. The van der Waals surface area contributed by atoms with Gasteiger partial charge in [-0.3, -0.25) is 4.79 Å². The Morgan fingerprint density at radius 2 is 2.09 bits per heavy atom. The van der Waals surface area contributed by atoms with Gasteiger partial charge in [0.2, 0.25) is 5.91 Å². The number of halogens is 2. The molecule has 3 nitrogen and oxygen atoms in total. The molecule has 1 aliphatic heterocycles. The molecule has 0 spiro atoms. The number of carbonyl (C=O) groups excluding carboxylic acids is 1. The summed E-state index contributed by atoms with van der Waals surface area (Å²) in [4.78, 5) is 14.8. The fourth-order valence-corrected chi connectivity index (χ4v) is 3.84. The lowest BCUT2D eigenvalue weighted by molar-refractivity contribution is -0.136. The molecule has 3 unspecified atom stereocenters. The molecule has 1 saturated carbocycles. The SMILES string of the molecule is O=C(C1CC1c1ccc(Cl)c(Cl)c1)N1CCCCC1CCO. The number of carbonyl (C=O) groups is 1. The van der Waals surface area contributed by atoms with E-state index < -0.39 is 0 Å². The van der Waals surface area contributed by atoms with Crippen LogP contribution in [0.1, 0.15) is 43.6 Å². The van der Waals surface area contributed by atoms with Gasteiger partial charge in [-0.2, -0.15) is 0 Å². The summed E-state index contributed by atoms with van der Waals surface area (Å²) in [5.41, 5.74) is 1.10. The lowest BCUT2D eigenvalue weighted by Crippen LogP contribution is -2.45. The second-order valence-electron chi connectivity index (χ2n) is 6.32. The maximum atomic E-state index is 12.8. The van der Waals surface area contributed by atoms with E-state index in [1.807, 2.05) is 17.0 Å². The van der Waals surface area contributed by atoms with Crippen LogP contribution in [0.2, 0.25) is 10.0 Å². The lowest BCUT2D eigenvalue weighted by Gasteiger charge is -2.36. The maximum absolute atomic E-state index is 12.8. The quantitative estimate of drug-likeness (QED) is 0.903. The van der Waals surface area contributed by atoms with E-state index in [0.29, 0.717) is 16.5 Å². The van der Waals surface area contributed by atoms with Gasteiger partial charge >= 0.3 is 0 Å². The fraction of sp³-hybridized carbons (Fsp3) is 0.588. The monoisotopic (exact) mass is 341 g/mol. The molecule has 0 radical (unpaired) electrons. The van der Waals surface area contributed by atoms with Gasteiger partial charge < -0.3 is 10.0 Å². The molecular formula is C17H21Cl2NO2. The maximum Gasteiger partial charge on any atom is 0.226 e. The number of benzene rings is 1. The Morgan fingerprint density at radius 3 is 2.82 bits per heavy atom. The lowest BCUT2D eigenvalue weighted by atomic mass is 9.98. The summed E-state index contributed by atoms with van der Waals surface area (Å²) in [6.07, 6.45) is 4.80. The van der Waals surface area contributed by atoms with Gasteiger partial charge in [-0.15, -0.1) is 0 Å². The molecule has 3 atom stereocenters. The van der Waals surface area contributed by atoms with E-state index in [2.05, 4.69) is 0 Å². The van der Waals surface area contributed by atoms with E-state index in [4.69, 9.17) is 23.2 Å². The highest BCUT2D eigenvalue weighted by molar-refractivity contribution is 6.42. The minimum absolute atomic E-state index is 0.0662. The van der Waals surface area contributed by atoms with Gasteiger partial charge in [-0.1, -0.05) is 29.3 Å². The Bertz CT molecular complexity index is 562. The minimum atomic E-state index is 0.0662. The van der Waals surface area contributed by atoms with Crippen molar-refractivity contribution in [2.75, 3.05) is 13.2 Å². The number of amides is 1. The molecule has 2 fully saturated rings. The van der Waals surface area contributed by atoms with Crippen LogP contribution in [0.25, 0.3) is 0 Å². The van der Waals surface area contributed by atoms with Gasteiger partial charge in [0.1, 0.15) is 0 Å². The molecule has 22 heavy (non-hydrogen) atoms. The van der Waals surface area contributed by atoms with Crippen molar-refractivity contribution in [2.45, 2.75) is 44.1 Å². The predicted octanol–water partition coefficient (Wildman–Crippen LogP) is 3.86. The van der Waals surface area contributed by atoms with Gasteiger partial charge in [-0.05, 0) is 55.7 Å². The van der Waals surface area contributed by atoms with Gasteiger partial charge in [0.05, 0.1) is 10.0 Å². The molecule has 120 valence electrons. The summed E-state index contributed by atoms with van der Waals surface area (Å²) < 4.78 is 0. The fourth-order valence-electron chi connectivity index (χ4n) is 3.53. The third-order valence-electron chi connectivity index (χ3n) is 4.85. The van der Waals surface area contributed by atoms with Crippen LogP contribution in [0.3, 0.4) is 0 Å². The van der Waals surface area contributed by atoms with E-state index in [9.17, 15) is 9.90 Å². The second-order valence-corrected chi connectivity index (χ2v) is 7.13. The molecule has 1 aromatic carbocycles. The molecule has 5 heteroatoms.